The maximum atomic E-state index is 12.6. The molecule has 0 saturated carbocycles. The number of ether oxygens (including phenoxy) is 2. The summed E-state index contributed by atoms with van der Waals surface area (Å²) in [5, 5.41) is 6.34. The molecule has 176 valence electrons. The van der Waals surface area contributed by atoms with E-state index in [-0.39, 0.29) is 17.0 Å². The van der Waals surface area contributed by atoms with Gasteiger partial charge in [-0.3, -0.25) is 9.59 Å². The second-order valence-electron chi connectivity index (χ2n) is 7.19. The molecule has 1 fully saturated rings. The number of amides is 2. The van der Waals surface area contributed by atoms with Crippen molar-refractivity contribution in [1.29, 1.82) is 0 Å². The van der Waals surface area contributed by atoms with Crippen molar-refractivity contribution >= 4 is 28.1 Å². The molecule has 0 aromatic heterocycles. The van der Waals surface area contributed by atoms with Crippen molar-refractivity contribution in [2.45, 2.75) is 17.7 Å². The van der Waals surface area contributed by atoms with Crippen molar-refractivity contribution in [3.05, 3.63) is 53.6 Å². The van der Waals surface area contributed by atoms with Gasteiger partial charge in [-0.25, -0.2) is 13.8 Å². The summed E-state index contributed by atoms with van der Waals surface area (Å²) in [6, 6.07) is 10.9. The predicted octanol–water partition coefficient (Wildman–Crippen LogP) is 1.37. The molecule has 10 nitrogen and oxygen atoms in total. The molecule has 33 heavy (non-hydrogen) atoms. The molecule has 2 aromatic rings. The monoisotopic (exact) mass is 474 g/mol. The van der Waals surface area contributed by atoms with Crippen LogP contribution in [0.25, 0.3) is 0 Å². The van der Waals surface area contributed by atoms with Gasteiger partial charge in [-0.05, 0) is 49.2 Å². The van der Waals surface area contributed by atoms with Crippen molar-refractivity contribution < 1.29 is 27.5 Å². The Labute approximate surface area is 192 Å². The minimum absolute atomic E-state index is 0.140. The molecule has 2 amide bonds. The SMILES string of the molecule is COc1cccc(C=NNC(=O)CNC(=O)c2ccc(S(=O)(=O)N3CCCC3)cc2)c1OC. The van der Waals surface area contributed by atoms with Crippen LogP contribution < -0.4 is 20.2 Å². The van der Waals surface area contributed by atoms with Gasteiger partial charge in [-0.1, -0.05) is 6.07 Å². The fraction of sp³-hybridized carbons (Fsp3) is 0.318. The normalized spacial score (nSPS) is 14.2. The van der Waals surface area contributed by atoms with E-state index in [9.17, 15) is 18.0 Å². The first-order chi connectivity index (χ1) is 15.9. The van der Waals surface area contributed by atoms with E-state index in [0.717, 1.165) is 12.8 Å². The lowest BCUT2D eigenvalue weighted by molar-refractivity contribution is -0.120. The van der Waals surface area contributed by atoms with E-state index in [1.807, 2.05) is 0 Å². The van der Waals surface area contributed by atoms with Crippen molar-refractivity contribution in [2.24, 2.45) is 5.10 Å². The molecule has 1 aliphatic heterocycles. The first-order valence-corrected chi connectivity index (χ1v) is 11.7. The molecule has 0 aliphatic carbocycles. The molecular formula is C22H26N4O6S. The van der Waals surface area contributed by atoms with E-state index in [2.05, 4.69) is 15.8 Å². The number of hydrazone groups is 1. The summed E-state index contributed by atoms with van der Waals surface area (Å²) in [4.78, 5) is 24.4. The van der Waals surface area contributed by atoms with Crippen LogP contribution in [0.15, 0.2) is 52.5 Å². The summed E-state index contributed by atoms with van der Waals surface area (Å²) >= 11 is 0. The number of methoxy groups -OCH3 is 2. The third kappa shape index (κ3) is 5.88. The zero-order valence-electron chi connectivity index (χ0n) is 18.4. The van der Waals surface area contributed by atoms with Crippen LogP contribution >= 0.6 is 0 Å². The number of rotatable bonds is 9. The summed E-state index contributed by atoms with van der Waals surface area (Å²) < 4.78 is 37.0. The van der Waals surface area contributed by atoms with Crippen molar-refractivity contribution in [1.82, 2.24) is 15.0 Å². The van der Waals surface area contributed by atoms with Crippen LogP contribution in [-0.2, 0) is 14.8 Å². The van der Waals surface area contributed by atoms with Crippen LogP contribution in [-0.4, -0.2) is 64.6 Å². The topological polar surface area (TPSA) is 126 Å². The van der Waals surface area contributed by atoms with Gasteiger partial charge in [0.1, 0.15) is 0 Å². The van der Waals surface area contributed by atoms with E-state index in [0.29, 0.717) is 30.2 Å². The summed E-state index contributed by atoms with van der Waals surface area (Å²) in [6.07, 6.45) is 3.10. The van der Waals surface area contributed by atoms with Crippen LogP contribution in [0.3, 0.4) is 0 Å². The van der Waals surface area contributed by atoms with Gasteiger partial charge >= 0.3 is 0 Å². The number of benzene rings is 2. The molecule has 0 radical (unpaired) electrons. The first-order valence-electron chi connectivity index (χ1n) is 10.3. The van der Waals surface area contributed by atoms with Gasteiger partial charge in [0.15, 0.2) is 11.5 Å². The third-order valence-corrected chi connectivity index (χ3v) is 6.97. The molecule has 2 aromatic carbocycles. The summed E-state index contributed by atoms with van der Waals surface area (Å²) in [5.74, 6) is -0.0378. The standard InChI is InChI=1S/C22H26N4O6S/c1-31-19-7-5-6-17(21(19)32-2)14-24-25-20(27)15-23-22(28)16-8-10-18(11-9-16)33(29,30)26-12-3-4-13-26/h5-11,14H,3-4,12-13,15H2,1-2H3,(H,23,28)(H,25,27). The molecule has 0 unspecified atom stereocenters. The van der Waals surface area contributed by atoms with Gasteiger partial charge in [0.2, 0.25) is 10.0 Å². The van der Waals surface area contributed by atoms with Crippen LogP contribution in [0.1, 0.15) is 28.8 Å². The zero-order valence-corrected chi connectivity index (χ0v) is 19.2. The molecule has 1 saturated heterocycles. The zero-order chi connectivity index (χ0) is 23.8. The highest BCUT2D eigenvalue weighted by Crippen LogP contribution is 2.29. The van der Waals surface area contributed by atoms with Gasteiger partial charge in [0.25, 0.3) is 11.8 Å². The van der Waals surface area contributed by atoms with Crippen molar-refractivity contribution in [2.75, 3.05) is 33.9 Å². The van der Waals surface area contributed by atoms with E-state index in [1.165, 1.54) is 49.0 Å². The Balaban J connectivity index is 1.52. The number of hydrogen-bond acceptors (Lipinski definition) is 7. The molecule has 3 rings (SSSR count). The molecule has 0 spiro atoms. The van der Waals surface area contributed by atoms with E-state index in [1.54, 1.807) is 18.2 Å². The Hall–Kier alpha value is -3.44. The Morgan fingerprint density at radius 1 is 1.06 bits per heavy atom. The maximum absolute atomic E-state index is 12.6. The molecule has 11 heteroatoms. The number of nitrogens with one attached hydrogen (secondary N) is 2. The predicted molar refractivity (Wildman–Crippen MR) is 122 cm³/mol. The van der Waals surface area contributed by atoms with Crippen molar-refractivity contribution in [3.8, 4) is 11.5 Å². The third-order valence-electron chi connectivity index (χ3n) is 5.06. The number of para-hydroxylation sites is 1. The van der Waals surface area contributed by atoms with E-state index >= 15 is 0 Å². The Bertz CT molecular complexity index is 1130. The average Bonchev–Trinajstić information content (AvgIpc) is 3.38. The summed E-state index contributed by atoms with van der Waals surface area (Å²) in [6.45, 7) is 0.707. The highest BCUT2D eigenvalue weighted by Gasteiger charge is 2.27. The first kappa shape index (κ1) is 24.2. The highest BCUT2D eigenvalue weighted by atomic mass is 32.2. The van der Waals surface area contributed by atoms with Gasteiger partial charge < -0.3 is 14.8 Å². The molecule has 2 N–H and O–H groups in total. The number of carbonyl (C=O) groups excluding carboxylic acids is 2. The highest BCUT2D eigenvalue weighted by molar-refractivity contribution is 7.89. The second kappa shape index (κ2) is 10.9. The van der Waals surface area contributed by atoms with Crippen LogP contribution in [0.5, 0.6) is 11.5 Å². The van der Waals surface area contributed by atoms with Crippen LogP contribution in [0, 0.1) is 0 Å². The molecule has 0 atom stereocenters. The number of hydrogen-bond donors (Lipinski definition) is 2. The lowest BCUT2D eigenvalue weighted by atomic mass is 10.2. The van der Waals surface area contributed by atoms with Gasteiger partial charge in [-0.2, -0.15) is 9.41 Å². The molecular weight excluding hydrogens is 448 g/mol. The van der Waals surface area contributed by atoms with Crippen molar-refractivity contribution in [3.63, 3.8) is 0 Å². The van der Waals surface area contributed by atoms with Gasteiger partial charge in [-0.15, -0.1) is 0 Å². The fourth-order valence-corrected chi connectivity index (χ4v) is 4.86. The Kier molecular flexibility index (Phi) is 8.01. The average molecular weight is 475 g/mol. The smallest absolute Gasteiger partial charge is 0.259 e. The number of nitrogens with zero attached hydrogens (tertiary/aromatic N) is 2. The van der Waals surface area contributed by atoms with E-state index in [4.69, 9.17) is 9.47 Å². The minimum atomic E-state index is -3.54. The maximum Gasteiger partial charge on any atom is 0.259 e. The van der Waals surface area contributed by atoms with Gasteiger partial charge in [0.05, 0.1) is 31.9 Å². The van der Waals surface area contributed by atoms with E-state index < -0.39 is 21.8 Å². The van der Waals surface area contributed by atoms with Gasteiger partial charge in [0, 0.05) is 24.2 Å². The molecule has 1 aliphatic rings. The Morgan fingerprint density at radius 3 is 2.39 bits per heavy atom. The quantitative estimate of drug-likeness (QED) is 0.418. The molecule has 0 bridgehead atoms. The summed E-state index contributed by atoms with van der Waals surface area (Å²) in [7, 11) is -0.530. The number of sulfonamides is 1. The largest absolute Gasteiger partial charge is 0.493 e. The lowest BCUT2D eigenvalue weighted by Gasteiger charge is -2.15. The molecule has 1 heterocycles. The number of carbonyl (C=O) groups is 2. The van der Waals surface area contributed by atoms with Crippen LogP contribution in [0.2, 0.25) is 0 Å². The minimum Gasteiger partial charge on any atom is -0.493 e. The second-order valence-corrected chi connectivity index (χ2v) is 9.13. The summed E-state index contributed by atoms with van der Waals surface area (Å²) in [5.41, 5.74) is 3.17. The lowest BCUT2D eigenvalue weighted by Crippen LogP contribution is -2.35. The fourth-order valence-electron chi connectivity index (χ4n) is 3.35. The van der Waals surface area contributed by atoms with Crippen LogP contribution in [0.4, 0.5) is 0 Å². The Morgan fingerprint density at radius 2 is 1.76 bits per heavy atom.